The fourth-order valence-electron chi connectivity index (χ4n) is 2.18. The third-order valence-electron chi connectivity index (χ3n) is 3.14. The Morgan fingerprint density at radius 1 is 0.867 bits per heavy atom. The van der Waals surface area contributed by atoms with Gasteiger partial charge >= 0.3 is 0 Å². The van der Waals surface area contributed by atoms with Crippen LogP contribution in [-0.2, 0) is 0 Å². The van der Waals surface area contributed by atoms with Crippen LogP contribution in [0.15, 0.2) is 0 Å². The van der Waals surface area contributed by atoms with Crippen LogP contribution in [0.4, 0.5) is 0 Å². The van der Waals surface area contributed by atoms with Crippen LogP contribution in [-0.4, -0.2) is 60.8 Å². The van der Waals surface area contributed by atoms with Crippen molar-refractivity contribution in [1.82, 2.24) is 9.80 Å². The zero-order valence-electron chi connectivity index (χ0n) is 10.1. The standard InChI is InChI=1S/C12H26N2O/c1-2-6-13-8-10-14(11-9-13)7-4-3-5-12-15/h15H,2-12H2,1H3. The lowest BCUT2D eigenvalue weighted by atomic mass is 10.2. The Morgan fingerprint density at radius 2 is 1.47 bits per heavy atom. The van der Waals surface area contributed by atoms with Crippen LogP contribution in [0.1, 0.15) is 32.6 Å². The van der Waals surface area contributed by atoms with Crippen molar-refractivity contribution in [3.63, 3.8) is 0 Å². The van der Waals surface area contributed by atoms with E-state index in [1.54, 1.807) is 0 Å². The van der Waals surface area contributed by atoms with E-state index in [-0.39, 0.29) is 0 Å². The van der Waals surface area contributed by atoms with Crippen molar-refractivity contribution in [2.75, 3.05) is 45.9 Å². The summed E-state index contributed by atoms with van der Waals surface area (Å²) in [6.07, 6.45) is 4.66. The summed E-state index contributed by atoms with van der Waals surface area (Å²) >= 11 is 0. The fourth-order valence-corrected chi connectivity index (χ4v) is 2.18. The van der Waals surface area contributed by atoms with Gasteiger partial charge in [0.2, 0.25) is 0 Å². The average Bonchev–Trinajstić information content (AvgIpc) is 2.27. The molecule has 1 rings (SSSR count). The summed E-state index contributed by atoms with van der Waals surface area (Å²) in [5, 5.41) is 8.68. The molecule has 1 aliphatic rings. The molecule has 0 aromatic rings. The maximum absolute atomic E-state index is 8.68. The highest BCUT2D eigenvalue weighted by Gasteiger charge is 2.14. The average molecular weight is 214 g/mol. The van der Waals surface area contributed by atoms with Gasteiger partial charge in [-0.1, -0.05) is 6.92 Å². The normalized spacial score (nSPS) is 19.6. The quantitative estimate of drug-likeness (QED) is 0.645. The molecule has 1 fully saturated rings. The van der Waals surface area contributed by atoms with Crippen LogP contribution in [0.3, 0.4) is 0 Å². The van der Waals surface area contributed by atoms with Crippen LogP contribution in [0, 0.1) is 0 Å². The molecule has 0 saturated carbocycles. The molecule has 3 heteroatoms. The molecular weight excluding hydrogens is 188 g/mol. The highest BCUT2D eigenvalue weighted by Crippen LogP contribution is 2.04. The molecule has 0 aromatic carbocycles. The number of unbranched alkanes of at least 4 members (excludes halogenated alkanes) is 2. The maximum Gasteiger partial charge on any atom is 0.0431 e. The van der Waals surface area contributed by atoms with Crippen LogP contribution in [0.5, 0.6) is 0 Å². The molecule has 1 N–H and O–H groups in total. The maximum atomic E-state index is 8.68. The van der Waals surface area contributed by atoms with Gasteiger partial charge in [-0.25, -0.2) is 0 Å². The minimum absolute atomic E-state index is 0.351. The van der Waals surface area contributed by atoms with Crippen molar-refractivity contribution in [3.05, 3.63) is 0 Å². The molecule has 90 valence electrons. The van der Waals surface area contributed by atoms with E-state index in [4.69, 9.17) is 5.11 Å². The third kappa shape index (κ3) is 5.50. The van der Waals surface area contributed by atoms with Gasteiger partial charge in [-0.05, 0) is 38.8 Å². The molecule has 3 nitrogen and oxygen atoms in total. The van der Waals surface area contributed by atoms with E-state index in [2.05, 4.69) is 16.7 Å². The highest BCUT2D eigenvalue weighted by molar-refractivity contribution is 4.71. The summed E-state index contributed by atoms with van der Waals surface area (Å²) in [7, 11) is 0. The number of aliphatic hydroxyl groups excluding tert-OH is 1. The Balaban J connectivity index is 1.99. The van der Waals surface area contributed by atoms with Gasteiger partial charge in [0, 0.05) is 32.8 Å². The Bertz CT molecular complexity index is 142. The predicted octanol–water partition coefficient (Wildman–Crippen LogP) is 1.18. The molecule has 0 unspecified atom stereocenters. The molecule has 0 atom stereocenters. The van der Waals surface area contributed by atoms with Gasteiger partial charge in [-0.2, -0.15) is 0 Å². The van der Waals surface area contributed by atoms with Crippen molar-refractivity contribution in [2.24, 2.45) is 0 Å². The number of hydrogen-bond acceptors (Lipinski definition) is 3. The number of nitrogens with zero attached hydrogens (tertiary/aromatic N) is 2. The zero-order chi connectivity index (χ0) is 10.9. The van der Waals surface area contributed by atoms with E-state index < -0.39 is 0 Å². The second-order valence-electron chi connectivity index (χ2n) is 4.47. The summed E-state index contributed by atoms with van der Waals surface area (Å²) in [6, 6.07) is 0. The minimum Gasteiger partial charge on any atom is -0.396 e. The third-order valence-corrected chi connectivity index (χ3v) is 3.14. The molecule has 0 spiro atoms. The lowest BCUT2D eigenvalue weighted by molar-refractivity contribution is 0.130. The molecule has 0 radical (unpaired) electrons. The SMILES string of the molecule is CCCN1CCN(CCCCCO)CC1. The minimum atomic E-state index is 0.351. The molecule has 1 saturated heterocycles. The smallest absolute Gasteiger partial charge is 0.0431 e. The van der Waals surface area contributed by atoms with Crippen LogP contribution >= 0.6 is 0 Å². The molecule has 0 aliphatic carbocycles. The monoisotopic (exact) mass is 214 g/mol. The Morgan fingerprint density at radius 3 is 2.00 bits per heavy atom. The molecule has 0 bridgehead atoms. The van der Waals surface area contributed by atoms with E-state index in [9.17, 15) is 0 Å². The summed E-state index contributed by atoms with van der Waals surface area (Å²) < 4.78 is 0. The Kier molecular flexibility index (Phi) is 6.98. The van der Waals surface area contributed by atoms with Gasteiger partial charge in [0.05, 0.1) is 0 Å². The fraction of sp³-hybridized carbons (Fsp3) is 1.00. The van der Waals surface area contributed by atoms with E-state index in [0.29, 0.717) is 6.61 Å². The number of aliphatic hydroxyl groups is 1. The van der Waals surface area contributed by atoms with Crippen LogP contribution in [0.25, 0.3) is 0 Å². The van der Waals surface area contributed by atoms with E-state index in [1.807, 2.05) is 0 Å². The van der Waals surface area contributed by atoms with Crippen LogP contribution in [0.2, 0.25) is 0 Å². The van der Waals surface area contributed by atoms with Gasteiger partial charge in [0.15, 0.2) is 0 Å². The largest absolute Gasteiger partial charge is 0.396 e. The second-order valence-corrected chi connectivity index (χ2v) is 4.47. The summed E-state index contributed by atoms with van der Waals surface area (Å²) in [5.74, 6) is 0. The Hall–Kier alpha value is -0.120. The first-order chi connectivity index (χ1) is 7.36. The summed E-state index contributed by atoms with van der Waals surface area (Å²) in [5.41, 5.74) is 0. The number of hydrogen-bond donors (Lipinski definition) is 1. The molecule has 0 amide bonds. The lowest BCUT2D eigenvalue weighted by Gasteiger charge is -2.34. The number of piperazine rings is 1. The number of rotatable bonds is 7. The highest BCUT2D eigenvalue weighted by atomic mass is 16.2. The molecule has 1 aliphatic heterocycles. The van der Waals surface area contributed by atoms with E-state index >= 15 is 0 Å². The van der Waals surface area contributed by atoms with Gasteiger partial charge in [0.1, 0.15) is 0 Å². The predicted molar refractivity (Wildman–Crippen MR) is 64.1 cm³/mol. The molecular formula is C12H26N2O. The second kappa shape index (κ2) is 8.08. The first kappa shape index (κ1) is 12.9. The van der Waals surface area contributed by atoms with E-state index in [1.165, 1.54) is 58.5 Å². The first-order valence-electron chi connectivity index (χ1n) is 6.42. The van der Waals surface area contributed by atoms with Crippen molar-refractivity contribution in [1.29, 1.82) is 0 Å². The topological polar surface area (TPSA) is 26.7 Å². The molecule has 0 aromatic heterocycles. The van der Waals surface area contributed by atoms with Gasteiger partial charge in [-0.3, -0.25) is 0 Å². The van der Waals surface area contributed by atoms with Crippen molar-refractivity contribution < 1.29 is 5.11 Å². The summed E-state index contributed by atoms with van der Waals surface area (Å²) in [4.78, 5) is 5.12. The molecule has 15 heavy (non-hydrogen) atoms. The van der Waals surface area contributed by atoms with Gasteiger partial charge in [-0.15, -0.1) is 0 Å². The van der Waals surface area contributed by atoms with Crippen molar-refractivity contribution in [2.45, 2.75) is 32.6 Å². The zero-order valence-corrected chi connectivity index (χ0v) is 10.1. The van der Waals surface area contributed by atoms with Gasteiger partial charge < -0.3 is 14.9 Å². The van der Waals surface area contributed by atoms with Crippen LogP contribution < -0.4 is 0 Å². The Labute approximate surface area is 94.1 Å². The van der Waals surface area contributed by atoms with Gasteiger partial charge in [0.25, 0.3) is 0 Å². The van der Waals surface area contributed by atoms with E-state index in [0.717, 1.165) is 6.42 Å². The first-order valence-corrected chi connectivity index (χ1v) is 6.42. The van der Waals surface area contributed by atoms with Crippen molar-refractivity contribution >= 4 is 0 Å². The van der Waals surface area contributed by atoms with Crippen molar-refractivity contribution in [3.8, 4) is 0 Å². The summed E-state index contributed by atoms with van der Waals surface area (Å²) in [6.45, 7) is 10.0. The molecule has 1 heterocycles. The lowest BCUT2D eigenvalue weighted by Crippen LogP contribution is -2.46.